The summed E-state index contributed by atoms with van der Waals surface area (Å²) in [6.45, 7) is 8.39. The average Bonchev–Trinajstić information content (AvgIpc) is 3.27. The number of carbonyl (C=O) groups is 1. The summed E-state index contributed by atoms with van der Waals surface area (Å²) in [5.41, 5.74) is 1.75. The minimum absolute atomic E-state index is 0. The van der Waals surface area contributed by atoms with Gasteiger partial charge in [-0.1, -0.05) is 25.1 Å². The van der Waals surface area contributed by atoms with Gasteiger partial charge in [-0.15, -0.1) is 24.0 Å². The lowest BCUT2D eigenvalue weighted by Crippen LogP contribution is -2.50. The fraction of sp³-hybridized carbons (Fsp3) is 0.522. The van der Waals surface area contributed by atoms with Gasteiger partial charge in [0.2, 0.25) is 11.8 Å². The van der Waals surface area contributed by atoms with Crippen LogP contribution in [-0.4, -0.2) is 60.5 Å². The number of amides is 1. The van der Waals surface area contributed by atoms with E-state index in [2.05, 4.69) is 44.7 Å². The number of rotatable bonds is 9. The SMILES string of the molecule is CCCNC(=O)CN1CCC(NC(=NCc2coc(-c3ccccc3)n2)NCC)CC1.I. The number of guanidine groups is 1. The fourth-order valence-corrected chi connectivity index (χ4v) is 3.53. The van der Waals surface area contributed by atoms with Crippen molar-refractivity contribution in [2.24, 2.45) is 4.99 Å². The van der Waals surface area contributed by atoms with Gasteiger partial charge in [-0.05, 0) is 38.3 Å². The summed E-state index contributed by atoms with van der Waals surface area (Å²) >= 11 is 0. The number of piperidine rings is 1. The van der Waals surface area contributed by atoms with E-state index in [1.54, 1.807) is 6.26 Å². The molecule has 1 saturated heterocycles. The Morgan fingerprint density at radius 2 is 1.94 bits per heavy atom. The lowest BCUT2D eigenvalue weighted by molar-refractivity contribution is -0.122. The van der Waals surface area contributed by atoms with Crippen LogP contribution in [0.15, 0.2) is 46.0 Å². The van der Waals surface area contributed by atoms with Crippen molar-refractivity contribution in [2.45, 2.75) is 45.7 Å². The molecule has 3 rings (SSSR count). The molecule has 1 fully saturated rings. The third kappa shape index (κ3) is 8.42. The number of aromatic nitrogens is 1. The topological polar surface area (TPSA) is 94.8 Å². The maximum atomic E-state index is 11.9. The van der Waals surface area contributed by atoms with Gasteiger partial charge in [-0.3, -0.25) is 9.69 Å². The van der Waals surface area contributed by atoms with Crippen molar-refractivity contribution in [2.75, 3.05) is 32.7 Å². The van der Waals surface area contributed by atoms with Crippen LogP contribution in [0.1, 0.15) is 38.8 Å². The Morgan fingerprint density at radius 3 is 2.62 bits per heavy atom. The summed E-state index contributed by atoms with van der Waals surface area (Å²) in [5.74, 6) is 1.51. The van der Waals surface area contributed by atoms with E-state index in [-0.39, 0.29) is 29.9 Å². The fourth-order valence-electron chi connectivity index (χ4n) is 3.53. The molecule has 176 valence electrons. The maximum absolute atomic E-state index is 11.9. The largest absolute Gasteiger partial charge is 0.444 e. The molecule has 32 heavy (non-hydrogen) atoms. The molecule has 0 saturated carbocycles. The first kappa shape index (κ1) is 26.1. The number of halogens is 1. The predicted molar refractivity (Wildman–Crippen MR) is 138 cm³/mol. The highest BCUT2D eigenvalue weighted by atomic mass is 127. The Bertz CT molecular complexity index is 834. The van der Waals surface area contributed by atoms with E-state index < -0.39 is 0 Å². The van der Waals surface area contributed by atoms with Crippen LogP contribution in [0.2, 0.25) is 0 Å². The Hall–Kier alpha value is -2.14. The first-order valence-corrected chi connectivity index (χ1v) is 11.2. The van der Waals surface area contributed by atoms with E-state index in [0.717, 1.165) is 62.7 Å². The molecule has 1 amide bonds. The van der Waals surface area contributed by atoms with Crippen LogP contribution in [0, 0.1) is 0 Å². The predicted octanol–water partition coefficient (Wildman–Crippen LogP) is 3.01. The van der Waals surface area contributed by atoms with Crippen molar-refractivity contribution < 1.29 is 9.21 Å². The van der Waals surface area contributed by atoms with Gasteiger partial charge in [0.25, 0.3) is 0 Å². The number of nitrogens with zero attached hydrogens (tertiary/aromatic N) is 3. The lowest BCUT2D eigenvalue weighted by Gasteiger charge is -2.32. The molecular formula is C23H35IN6O2. The number of benzene rings is 1. The molecule has 0 spiro atoms. The first-order chi connectivity index (χ1) is 15.2. The smallest absolute Gasteiger partial charge is 0.234 e. The number of likely N-dealkylation sites (tertiary alicyclic amines) is 1. The van der Waals surface area contributed by atoms with E-state index in [9.17, 15) is 4.79 Å². The van der Waals surface area contributed by atoms with Gasteiger partial charge < -0.3 is 20.4 Å². The minimum Gasteiger partial charge on any atom is -0.444 e. The van der Waals surface area contributed by atoms with E-state index in [1.165, 1.54) is 0 Å². The molecule has 1 aromatic heterocycles. The Kier molecular flexibility index (Phi) is 11.5. The van der Waals surface area contributed by atoms with Crippen LogP contribution in [-0.2, 0) is 11.3 Å². The monoisotopic (exact) mass is 554 g/mol. The minimum atomic E-state index is 0. The number of carbonyl (C=O) groups excluding carboxylic acids is 1. The van der Waals surface area contributed by atoms with Gasteiger partial charge in [0.05, 0.1) is 13.1 Å². The van der Waals surface area contributed by atoms with Crippen molar-refractivity contribution in [3.63, 3.8) is 0 Å². The molecule has 0 atom stereocenters. The third-order valence-electron chi connectivity index (χ3n) is 5.18. The Morgan fingerprint density at radius 1 is 1.19 bits per heavy atom. The second kappa shape index (κ2) is 14.1. The Labute approximate surface area is 207 Å². The number of hydrogen-bond donors (Lipinski definition) is 3. The van der Waals surface area contributed by atoms with E-state index >= 15 is 0 Å². The van der Waals surface area contributed by atoms with Crippen LogP contribution >= 0.6 is 24.0 Å². The van der Waals surface area contributed by atoms with Crippen LogP contribution in [0.25, 0.3) is 11.5 Å². The number of nitrogens with one attached hydrogen (secondary N) is 3. The van der Waals surface area contributed by atoms with E-state index in [0.29, 0.717) is 25.0 Å². The normalized spacial score (nSPS) is 15.1. The molecule has 1 aromatic carbocycles. The van der Waals surface area contributed by atoms with Crippen molar-refractivity contribution in [1.29, 1.82) is 0 Å². The molecule has 0 aliphatic carbocycles. The molecule has 0 radical (unpaired) electrons. The number of aliphatic imine (C=N–C) groups is 1. The summed E-state index contributed by atoms with van der Waals surface area (Å²) in [6.07, 6.45) is 4.59. The highest BCUT2D eigenvalue weighted by Crippen LogP contribution is 2.18. The van der Waals surface area contributed by atoms with Gasteiger partial charge in [0.1, 0.15) is 12.0 Å². The quantitative estimate of drug-likeness (QED) is 0.251. The number of hydrogen-bond acceptors (Lipinski definition) is 5. The molecule has 0 unspecified atom stereocenters. The van der Waals surface area contributed by atoms with Crippen LogP contribution in [0.4, 0.5) is 0 Å². The first-order valence-electron chi connectivity index (χ1n) is 11.2. The molecule has 0 bridgehead atoms. The molecule has 1 aliphatic heterocycles. The van der Waals surface area contributed by atoms with Crippen molar-refractivity contribution in [3.05, 3.63) is 42.3 Å². The molecule has 3 N–H and O–H groups in total. The zero-order valence-corrected chi connectivity index (χ0v) is 21.3. The zero-order valence-electron chi connectivity index (χ0n) is 19.0. The van der Waals surface area contributed by atoms with Gasteiger partial charge in [-0.25, -0.2) is 9.98 Å². The average molecular weight is 554 g/mol. The third-order valence-corrected chi connectivity index (χ3v) is 5.18. The lowest BCUT2D eigenvalue weighted by atomic mass is 10.1. The zero-order chi connectivity index (χ0) is 21.9. The van der Waals surface area contributed by atoms with E-state index in [1.807, 2.05) is 30.3 Å². The molecule has 2 aromatic rings. The maximum Gasteiger partial charge on any atom is 0.234 e. The summed E-state index contributed by atoms with van der Waals surface area (Å²) in [6, 6.07) is 10.2. The summed E-state index contributed by atoms with van der Waals surface area (Å²) in [7, 11) is 0. The molecule has 1 aliphatic rings. The second-order valence-corrected chi connectivity index (χ2v) is 7.75. The molecule has 8 nitrogen and oxygen atoms in total. The summed E-state index contributed by atoms with van der Waals surface area (Å²) in [5, 5.41) is 9.78. The standard InChI is InChI=1S/C23H34N6O2.HI/c1-3-12-25-21(30)16-29-13-10-19(11-14-29)28-23(24-4-2)26-15-20-17-31-22(27-20)18-8-6-5-7-9-18;/h5-9,17,19H,3-4,10-16H2,1-2H3,(H,25,30)(H2,24,26,28);1H. The molecule has 2 heterocycles. The van der Waals surface area contributed by atoms with Crippen molar-refractivity contribution in [3.8, 4) is 11.5 Å². The van der Waals surface area contributed by atoms with E-state index in [4.69, 9.17) is 4.42 Å². The van der Waals surface area contributed by atoms with Crippen molar-refractivity contribution in [1.82, 2.24) is 25.8 Å². The number of oxazole rings is 1. The summed E-state index contributed by atoms with van der Waals surface area (Å²) < 4.78 is 5.60. The van der Waals surface area contributed by atoms with Gasteiger partial charge in [0.15, 0.2) is 5.96 Å². The Balaban J connectivity index is 0.00000363. The van der Waals surface area contributed by atoms with Gasteiger partial charge >= 0.3 is 0 Å². The van der Waals surface area contributed by atoms with Crippen LogP contribution in [0.3, 0.4) is 0 Å². The highest BCUT2D eigenvalue weighted by molar-refractivity contribution is 14.0. The van der Waals surface area contributed by atoms with Gasteiger partial charge in [0, 0.05) is 37.8 Å². The van der Waals surface area contributed by atoms with Crippen molar-refractivity contribution >= 4 is 35.8 Å². The summed E-state index contributed by atoms with van der Waals surface area (Å²) in [4.78, 5) is 23.4. The molecular weight excluding hydrogens is 519 g/mol. The van der Waals surface area contributed by atoms with Crippen LogP contribution in [0.5, 0.6) is 0 Å². The van der Waals surface area contributed by atoms with Gasteiger partial charge in [-0.2, -0.15) is 0 Å². The second-order valence-electron chi connectivity index (χ2n) is 7.75. The van der Waals surface area contributed by atoms with Crippen LogP contribution < -0.4 is 16.0 Å². The highest BCUT2D eigenvalue weighted by Gasteiger charge is 2.21. The molecule has 9 heteroatoms.